The van der Waals surface area contributed by atoms with Gasteiger partial charge in [-0.05, 0) is 42.7 Å². The number of fused-ring (bicyclic) bond motifs is 1. The number of hydrogen-bond donors (Lipinski definition) is 0. The molecule has 0 aliphatic rings. The number of hydrogen-bond acceptors (Lipinski definition) is 7. The van der Waals surface area contributed by atoms with E-state index in [-0.39, 0.29) is 63.7 Å². The first-order valence-electron chi connectivity index (χ1n) is 12.6. The van der Waals surface area contributed by atoms with E-state index >= 15 is 0 Å². The van der Waals surface area contributed by atoms with Crippen molar-refractivity contribution < 1.29 is 27.6 Å². The molecule has 1 heterocycles. The first-order valence-corrected chi connectivity index (χ1v) is 12.6. The molecular weight excluding hydrogens is 541 g/mol. The average Bonchev–Trinajstić information content (AvgIpc) is 2.90. The van der Waals surface area contributed by atoms with Gasteiger partial charge in [-0.15, -0.1) is 0 Å². The van der Waals surface area contributed by atoms with Gasteiger partial charge in [-0.1, -0.05) is 45.0 Å². The van der Waals surface area contributed by atoms with Crippen LogP contribution in [0.3, 0.4) is 0 Å². The number of nitro benzene ring substituents is 1. The van der Waals surface area contributed by atoms with Crippen molar-refractivity contribution in [1.29, 1.82) is 0 Å². The van der Waals surface area contributed by atoms with E-state index < -0.39 is 22.2 Å². The number of para-hydroxylation sites is 1. The lowest BCUT2D eigenvalue weighted by atomic mass is 9.98. The maximum atomic E-state index is 13.4. The van der Waals surface area contributed by atoms with Crippen LogP contribution in [0.4, 0.5) is 18.9 Å². The van der Waals surface area contributed by atoms with Gasteiger partial charge in [0.2, 0.25) is 5.75 Å². The summed E-state index contributed by atoms with van der Waals surface area (Å²) in [7, 11) is 0. The highest BCUT2D eigenvalue weighted by Gasteiger charge is 2.31. The minimum absolute atomic E-state index is 0.00624. The highest BCUT2D eigenvalue weighted by Crippen LogP contribution is 2.39. The summed E-state index contributed by atoms with van der Waals surface area (Å²) in [6.07, 6.45) is -3.44. The Morgan fingerprint density at radius 3 is 2.44 bits per heavy atom. The van der Waals surface area contributed by atoms with E-state index in [1.54, 1.807) is 25.1 Å². The number of nitrogens with zero attached hydrogens (tertiary/aromatic N) is 4. The maximum Gasteiger partial charge on any atom is 0.416 e. The predicted octanol–water partition coefficient (Wildman–Crippen LogP) is 6.70. The average molecular weight is 569 g/mol. The summed E-state index contributed by atoms with van der Waals surface area (Å²) in [5.41, 5.74) is -1.75. The van der Waals surface area contributed by atoms with Crippen LogP contribution in [0.25, 0.3) is 22.3 Å². The van der Waals surface area contributed by atoms with Gasteiger partial charge in [0.15, 0.2) is 11.6 Å². The van der Waals surface area contributed by atoms with Crippen molar-refractivity contribution in [3.05, 3.63) is 92.3 Å². The lowest BCUT2D eigenvalue weighted by molar-refractivity contribution is -0.386. The van der Waals surface area contributed by atoms with Crippen molar-refractivity contribution in [3.63, 3.8) is 0 Å². The molecule has 12 heteroatoms. The summed E-state index contributed by atoms with van der Waals surface area (Å²) >= 11 is 0. The van der Waals surface area contributed by atoms with Crippen LogP contribution >= 0.6 is 0 Å². The molecular formula is C29H27F3N4O5. The van der Waals surface area contributed by atoms with Crippen molar-refractivity contribution in [3.8, 4) is 22.9 Å². The Balaban J connectivity index is 1.89. The fraction of sp³-hybridized carbons (Fsp3) is 0.276. The van der Waals surface area contributed by atoms with Crippen LogP contribution in [0.5, 0.6) is 11.5 Å². The molecule has 4 rings (SSSR count). The fourth-order valence-electron chi connectivity index (χ4n) is 3.89. The van der Waals surface area contributed by atoms with E-state index in [2.05, 4.69) is 10.1 Å². The fourth-order valence-corrected chi connectivity index (χ4v) is 3.89. The summed E-state index contributed by atoms with van der Waals surface area (Å²) in [6, 6.07) is 13.4. The third-order valence-electron chi connectivity index (χ3n) is 5.73. The number of halogens is 3. The van der Waals surface area contributed by atoms with E-state index in [9.17, 15) is 28.1 Å². The summed E-state index contributed by atoms with van der Waals surface area (Å²) in [5.74, 6) is -0.0756. The van der Waals surface area contributed by atoms with Crippen LogP contribution in [0.1, 0.15) is 38.8 Å². The first-order chi connectivity index (χ1) is 19.3. The molecule has 0 unspecified atom stereocenters. The summed E-state index contributed by atoms with van der Waals surface area (Å²) < 4.78 is 52.6. The summed E-state index contributed by atoms with van der Waals surface area (Å²) in [5, 5.41) is 16.4. The molecule has 0 amide bonds. The smallest absolute Gasteiger partial charge is 0.416 e. The van der Waals surface area contributed by atoms with Crippen molar-refractivity contribution in [2.75, 3.05) is 13.2 Å². The summed E-state index contributed by atoms with van der Waals surface area (Å²) in [4.78, 5) is 29.2. The number of nitro groups is 1. The molecule has 9 nitrogen and oxygen atoms in total. The lowest BCUT2D eigenvalue weighted by Crippen LogP contribution is -2.20. The molecule has 0 aliphatic carbocycles. The van der Waals surface area contributed by atoms with Crippen molar-refractivity contribution in [2.24, 2.45) is 10.5 Å². The quantitative estimate of drug-likeness (QED) is 0.133. The van der Waals surface area contributed by atoms with Crippen molar-refractivity contribution >= 4 is 22.8 Å². The van der Waals surface area contributed by atoms with Crippen LogP contribution in [0, 0.1) is 15.5 Å². The minimum atomic E-state index is -4.62. The Morgan fingerprint density at radius 1 is 1.05 bits per heavy atom. The second kappa shape index (κ2) is 11.4. The SMILES string of the molecule is CCOc1cc(C=Nn2c(-c3cccc(C(F)(F)F)c3)nc3ccccc3c2=O)cc([N+](=O)[O-])c1OCC(C)(C)C. The molecule has 0 radical (unpaired) electrons. The van der Waals surface area contributed by atoms with E-state index in [1.807, 2.05) is 20.8 Å². The Morgan fingerprint density at radius 2 is 1.78 bits per heavy atom. The third kappa shape index (κ3) is 6.71. The van der Waals surface area contributed by atoms with Crippen molar-refractivity contribution in [1.82, 2.24) is 9.66 Å². The third-order valence-corrected chi connectivity index (χ3v) is 5.73. The van der Waals surface area contributed by atoms with Gasteiger partial charge in [0, 0.05) is 17.2 Å². The lowest BCUT2D eigenvalue weighted by Gasteiger charge is -2.20. The topological polar surface area (TPSA) is 109 Å². The molecule has 214 valence electrons. The molecule has 0 spiro atoms. The molecule has 0 atom stereocenters. The molecule has 0 saturated heterocycles. The zero-order valence-corrected chi connectivity index (χ0v) is 22.7. The van der Waals surface area contributed by atoms with E-state index in [0.29, 0.717) is 0 Å². The van der Waals surface area contributed by atoms with Gasteiger partial charge in [-0.2, -0.15) is 22.9 Å². The van der Waals surface area contributed by atoms with Gasteiger partial charge >= 0.3 is 11.9 Å². The standard InChI is InChI=1S/C29H27F3N4O5/c1-5-40-24-14-18(13-23(36(38)39)25(24)41-17-28(2,3)4)16-33-35-26(19-9-8-10-20(15-19)29(30,31)32)34-22-12-7-6-11-21(22)27(35)37/h6-16H,5,17H2,1-4H3. The monoisotopic (exact) mass is 568 g/mol. The van der Waals surface area contributed by atoms with Crippen LogP contribution in [0.2, 0.25) is 0 Å². The molecule has 0 fully saturated rings. The Bertz CT molecular complexity index is 1690. The number of rotatable bonds is 8. The van der Waals surface area contributed by atoms with E-state index in [4.69, 9.17) is 9.47 Å². The van der Waals surface area contributed by atoms with Gasteiger partial charge in [0.05, 0.1) is 40.8 Å². The zero-order valence-electron chi connectivity index (χ0n) is 22.7. The molecule has 0 bridgehead atoms. The van der Waals surface area contributed by atoms with Gasteiger partial charge in [-0.3, -0.25) is 14.9 Å². The number of alkyl halides is 3. The Labute approximate surface area is 233 Å². The maximum absolute atomic E-state index is 13.4. The molecule has 0 aliphatic heterocycles. The number of aromatic nitrogens is 2. The van der Waals surface area contributed by atoms with Gasteiger partial charge in [0.25, 0.3) is 5.56 Å². The Kier molecular flexibility index (Phi) is 8.13. The van der Waals surface area contributed by atoms with Crippen LogP contribution in [-0.4, -0.2) is 34.0 Å². The number of ether oxygens (including phenoxy) is 2. The molecule has 4 aromatic rings. The zero-order chi connectivity index (χ0) is 29.9. The second-order valence-corrected chi connectivity index (χ2v) is 10.3. The van der Waals surface area contributed by atoms with Crippen molar-refractivity contribution in [2.45, 2.75) is 33.9 Å². The predicted molar refractivity (Wildman–Crippen MR) is 149 cm³/mol. The van der Waals surface area contributed by atoms with Gasteiger partial charge in [0.1, 0.15) is 0 Å². The van der Waals surface area contributed by atoms with Crippen LogP contribution < -0.4 is 15.0 Å². The van der Waals surface area contributed by atoms with Gasteiger partial charge in [-0.25, -0.2) is 4.98 Å². The van der Waals surface area contributed by atoms with E-state index in [0.717, 1.165) is 16.8 Å². The Hall–Kier alpha value is -4.74. The first kappa shape index (κ1) is 29.2. The second-order valence-electron chi connectivity index (χ2n) is 10.3. The molecule has 41 heavy (non-hydrogen) atoms. The highest BCUT2D eigenvalue weighted by molar-refractivity contribution is 5.84. The van der Waals surface area contributed by atoms with Gasteiger partial charge < -0.3 is 9.47 Å². The highest BCUT2D eigenvalue weighted by atomic mass is 19.4. The minimum Gasteiger partial charge on any atom is -0.490 e. The van der Waals surface area contributed by atoms with E-state index in [1.165, 1.54) is 36.5 Å². The molecule has 0 saturated carbocycles. The normalized spacial score (nSPS) is 12.2. The largest absolute Gasteiger partial charge is 0.490 e. The molecule has 0 N–H and O–H groups in total. The van der Waals surface area contributed by atoms with Crippen LogP contribution in [0.15, 0.2) is 70.6 Å². The molecule has 1 aromatic heterocycles. The molecule has 3 aromatic carbocycles. The summed E-state index contributed by atoms with van der Waals surface area (Å²) in [6.45, 7) is 7.82. The van der Waals surface area contributed by atoms with Crippen LogP contribution in [-0.2, 0) is 6.18 Å². The number of benzene rings is 3.